The van der Waals surface area contributed by atoms with E-state index in [2.05, 4.69) is 15.2 Å². The highest BCUT2D eigenvalue weighted by Crippen LogP contribution is 2.30. The van der Waals surface area contributed by atoms with Gasteiger partial charge in [-0.05, 0) is 12.1 Å². The number of anilines is 1. The number of hydrogen-bond acceptors (Lipinski definition) is 6. The number of aromatic nitrogens is 3. The molecule has 0 radical (unpaired) electrons. The lowest BCUT2D eigenvalue weighted by Gasteiger charge is -2.32. The fraction of sp³-hybridized carbons (Fsp3) is 0.429. The fourth-order valence-electron chi connectivity index (χ4n) is 2.35. The second kappa shape index (κ2) is 6.10. The molecule has 1 saturated heterocycles. The largest absolute Gasteiger partial charge is 0.417 e. The first kappa shape index (κ1) is 16.2. The fourth-order valence-corrected chi connectivity index (χ4v) is 2.35. The van der Waals surface area contributed by atoms with Crippen molar-refractivity contribution in [1.29, 1.82) is 0 Å². The summed E-state index contributed by atoms with van der Waals surface area (Å²) in [6, 6.07) is 2.36. The first-order valence-electron chi connectivity index (χ1n) is 7.22. The van der Waals surface area contributed by atoms with Gasteiger partial charge in [0.1, 0.15) is 5.69 Å². The first-order chi connectivity index (χ1) is 11.3. The Kier molecular flexibility index (Phi) is 4.12. The highest BCUT2D eigenvalue weighted by Gasteiger charge is 2.31. The van der Waals surface area contributed by atoms with Gasteiger partial charge in [-0.25, -0.2) is 0 Å². The summed E-state index contributed by atoms with van der Waals surface area (Å²) in [4.78, 5) is 18.6. The molecule has 2 aromatic rings. The van der Waals surface area contributed by atoms with Crippen LogP contribution in [0.1, 0.15) is 12.5 Å². The minimum Gasteiger partial charge on any atom is -0.402 e. The monoisotopic (exact) mass is 341 g/mol. The number of halogens is 3. The molecule has 7 nitrogen and oxygen atoms in total. The average Bonchev–Trinajstić information content (AvgIpc) is 3.04. The normalized spacial score (nSPS) is 15.7. The number of amides is 1. The van der Waals surface area contributed by atoms with E-state index in [4.69, 9.17) is 4.42 Å². The van der Waals surface area contributed by atoms with Crippen LogP contribution >= 0.6 is 0 Å². The number of alkyl halides is 3. The van der Waals surface area contributed by atoms with E-state index < -0.39 is 11.7 Å². The van der Waals surface area contributed by atoms with Gasteiger partial charge < -0.3 is 14.2 Å². The number of carbonyl (C=O) groups is 1. The van der Waals surface area contributed by atoms with Gasteiger partial charge in [0.25, 0.3) is 5.89 Å². The lowest BCUT2D eigenvalue weighted by molar-refractivity contribution is -0.137. The third-order valence-corrected chi connectivity index (χ3v) is 3.72. The Morgan fingerprint density at radius 3 is 2.42 bits per heavy atom. The van der Waals surface area contributed by atoms with Crippen LogP contribution in [0.2, 0.25) is 0 Å². The Hall–Kier alpha value is -2.65. The van der Waals surface area contributed by atoms with Crippen LogP contribution in [0.4, 0.5) is 19.2 Å². The molecule has 10 heteroatoms. The van der Waals surface area contributed by atoms with Crippen molar-refractivity contribution in [3.63, 3.8) is 0 Å². The molecule has 0 atom stereocenters. The summed E-state index contributed by atoms with van der Waals surface area (Å²) >= 11 is 0. The molecule has 24 heavy (non-hydrogen) atoms. The van der Waals surface area contributed by atoms with Crippen molar-refractivity contribution < 1.29 is 22.4 Å². The number of piperazine rings is 1. The van der Waals surface area contributed by atoms with Gasteiger partial charge in [-0.1, -0.05) is 5.10 Å². The van der Waals surface area contributed by atoms with Crippen LogP contribution < -0.4 is 4.90 Å². The summed E-state index contributed by atoms with van der Waals surface area (Å²) in [6.45, 7) is 3.69. The van der Waals surface area contributed by atoms with Gasteiger partial charge in [-0.3, -0.25) is 9.78 Å². The molecule has 0 spiro atoms. The van der Waals surface area contributed by atoms with E-state index >= 15 is 0 Å². The lowest BCUT2D eigenvalue weighted by Crippen LogP contribution is -2.48. The van der Waals surface area contributed by atoms with Crippen LogP contribution in [-0.4, -0.2) is 52.2 Å². The smallest absolute Gasteiger partial charge is 0.402 e. The molecule has 1 aliphatic rings. The molecule has 1 fully saturated rings. The number of carbonyl (C=O) groups excluding carboxylic acids is 1. The molecule has 0 saturated carbocycles. The summed E-state index contributed by atoms with van der Waals surface area (Å²) in [7, 11) is 0. The maximum atomic E-state index is 12.5. The second-order valence-corrected chi connectivity index (χ2v) is 5.31. The van der Waals surface area contributed by atoms with Gasteiger partial charge in [-0.2, -0.15) is 13.2 Å². The Morgan fingerprint density at radius 1 is 1.17 bits per heavy atom. The van der Waals surface area contributed by atoms with E-state index in [0.29, 0.717) is 26.2 Å². The minimum atomic E-state index is -4.44. The van der Waals surface area contributed by atoms with Gasteiger partial charge in [0.15, 0.2) is 0 Å². The van der Waals surface area contributed by atoms with E-state index in [1.165, 1.54) is 13.0 Å². The summed E-state index contributed by atoms with van der Waals surface area (Å²) in [5.74, 6) is 0.0579. The number of rotatable bonds is 2. The van der Waals surface area contributed by atoms with Crippen LogP contribution in [0.3, 0.4) is 0 Å². The van der Waals surface area contributed by atoms with E-state index in [0.717, 1.165) is 12.3 Å². The zero-order chi connectivity index (χ0) is 17.3. The van der Waals surface area contributed by atoms with Gasteiger partial charge in [0.05, 0.1) is 5.56 Å². The van der Waals surface area contributed by atoms with Crippen LogP contribution in [0.15, 0.2) is 22.7 Å². The van der Waals surface area contributed by atoms with Gasteiger partial charge in [0, 0.05) is 39.3 Å². The van der Waals surface area contributed by atoms with Crippen molar-refractivity contribution in [2.45, 2.75) is 13.1 Å². The third kappa shape index (κ3) is 3.31. The van der Waals surface area contributed by atoms with Gasteiger partial charge in [0.2, 0.25) is 5.91 Å². The van der Waals surface area contributed by atoms with Crippen LogP contribution in [0, 0.1) is 0 Å². The third-order valence-electron chi connectivity index (χ3n) is 3.72. The molecule has 0 aliphatic carbocycles. The molecule has 3 rings (SSSR count). The lowest BCUT2D eigenvalue weighted by atomic mass is 10.2. The number of hydrogen-bond donors (Lipinski definition) is 0. The second-order valence-electron chi connectivity index (χ2n) is 5.31. The molecule has 1 aliphatic heterocycles. The Morgan fingerprint density at radius 2 is 1.88 bits per heavy atom. The molecule has 2 aromatic heterocycles. The van der Waals surface area contributed by atoms with Crippen LogP contribution in [-0.2, 0) is 11.0 Å². The first-order valence-corrected chi connectivity index (χ1v) is 7.22. The molecule has 0 unspecified atom stereocenters. The SMILES string of the molecule is CC(=O)N1CCN(c2nnc(-c3ccc(C(F)(F)F)cn3)o2)CC1. The Bertz CT molecular complexity index is 721. The summed E-state index contributed by atoms with van der Waals surface area (Å²) in [5, 5.41) is 7.73. The predicted molar refractivity (Wildman–Crippen MR) is 77.0 cm³/mol. The molecule has 0 aromatic carbocycles. The zero-order valence-corrected chi connectivity index (χ0v) is 12.7. The standard InChI is InChI=1S/C14H14F3N5O2/c1-9(23)21-4-6-22(7-5-21)13-20-19-12(24-13)11-3-2-10(8-18-11)14(15,16)17/h2-3,8H,4-7H2,1H3. The molecule has 3 heterocycles. The molecule has 0 bridgehead atoms. The highest BCUT2D eigenvalue weighted by molar-refractivity contribution is 5.73. The van der Waals surface area contributed by atoms with Crippen molar-refractivity contribution >= 4 is 11.9 Å². The van der Waals surface area contributed by atoms with E-state index in [9.17, 15) is 18.0 Å². The molecular formula is C14H14F3N5O2. The van der Waals surface area contributed by atoms with Crippen LogP contribution in [0.5, 0.6) is 0 Å². The van der Waals surface area contributed by atoms with Crippen molar-refractivity contribution in [2.24, 2.45) is 0 Å². The van der Waals surface area contributed by atoms with E-state index in [1.54, 1.807) is 4.90 Å². The average molecular weight is 341 g/mol. The topological polar surface area (TPSA) is 75.4 Å². The quantitative estimate of drug-likeness (QED) is 0.829. The van der Waals surface area contributed by atoms with Crippen molar-refractivity contribution in [1.82, 2.24) is 20.1 Å². The van der Waals surface area contributed by atoms with Gasteiger partial charge >= 0.3 is 12.2 Å². The maximum absolute atomic E-state index is 12.5. The van der Waals surface area contributed by atoms with E-state index in [-0.39, 0.29) is 23.5 Å². The van der Waals surface area contributed by atoms with Crippen molar-refractivity contribution in [3.8, 4) is 11.6 Å². The number of nitrogens with zero attached hydrogens (tertiary/aromatic N) is 5. The summed E-state index contributed by atoms with van der Waals surface area (Å²) in [6.07, 6.45) is -3.72. The summed E-state index contributed by atoms with van der Waals surface area (Å²) in [5.41, 5.74) is -0.671. The Balaban J connectivity index is 1.71. The van der Waals surface area contributed by atoms with Gasteiger partial charge in [-0.15, -0.1) is 5.10 Å². The maximum Gasteiger partial charge on any atom is 0.417 e. The zero-order valence-electron chi connectivity index (χ0n) is 12.7. The predicted octanol–water partition coefficient (Wildman–Crippen LogP) is 1.82. The molecule has 1 amide bonds. The number of pyridine rings is 1. The van der Waals surface area contributed by atoms with E-state index in [1.807, 2.05) is 4.90 Å². The summed E-state index contributed by atoms with van der Waals surface area (Å²) < 4.78 is 43.1. The molecule has 0 N–H and O–H groups in total. The Labute approximate surface area is 135 Å². The minimum absolute atomic E-state index is 0.00909. The molecular weight excluding hydrogens is 327 g/mol. The van der Waals surface area contributed by atoms with Crippen molar-refractivity contribution in [2.75, 3.05) is 31.1 Å². The molecule has 128 valence electrons. The highest BCUT2D eigenvalue weighted by atomic mass is 19.4. The van der Waals surface area contributed by atoms with Crippen LogP contribution in [0.25, 0.3) is 11.6 Å². The van der Waals surface area contributed by atoms with Crippen molar-refractivity contribution in [3.05, 3.63) is 23.9 Å².